The molecule has 5 heteroatoms. The van der Waals surface area contributed by atoms with Gasteiger partial charge in [0, 0.05) is 54.6 Å². The summed E-state index contributed by atoms with van der Waals surface area (Å²) in [4.78, 5) is 14.7. The minimum absolute atomic E-state index is 0.0249. The minimum atomic E-state index is 0.0249. The van der Waals surface area contributed by atoms with E-state index in [1.165, 1.54) is 16.7 Å². The second kappa shape index (κ2) is 9.36. The molecule has 0 atom stereocenters. The molecule has 33 heavy (non-hydrogen) atoms. The minimum Gasteiger partial charge on any atom is -0.496 e. The van der Waals surface area contributed by atoms with Gasteiger partial charge in [-0.15, -0.1) is 0 Å². The summed E-state index contributed by atoms with van der Waals surface area (Å²) in [7, 11) is 3.47. The molecule has 0 amide bonds. The van der Waals surface area contributed by atoms with Crippen molar-refractivity contribution in [2.75, 3.05) is 13.7 Å². The fourth-order valence-electron chi connectivity index (χ4n) is 4.97. The number of nitrogens with zero attached hydrogens (tertiary/aromatic N) is 2. The van der Waals surface area contributed by atoms with Crippen LogP contribution in [0.1, 0.15) is 53.1 Å². The van der Waals surface area contributed by atoms with Crippen molar-refractivity contribution in [3.05, 3.63) is 85.3 Å². The lowest BCUT2D eigenvalue weighted by Crippen LogP contribution is -2.31. The number of benzene rings is 2. The Kier molecular flexibility index (Phi) is 6.69. The van der Waals surface area contributed by atoms with Crippen LogP contribution in [0.2, 0.25) is 5.02 Å². The molecule has 0 aliphatic carbocycles. The van der Waals surface area contributed by atoms with E-state index in [1.54, 1.807) is 18.7 Å². The molecule has 0 unspecified atom stereocenters. The maximum absolute atomic E-state index is 12.3. The van der Waals surface area contributed by atoms with Gasteiger partial charge in [0.05, 0.1) is 7.11 Å². The molecule has 4 nitrogen and oxygen atoms in total. The van der Waals surface area contributed by atoms with E-state index in [0.29, 0.717) is 10.9 Å². The zero-order valence-corrected chi connectivity index (χ0v) is 21.2. The third-order valence-electron chi connectivity index (χ3n) is 7.00. The van der Waals surface area contributed by atoms with Gasteiger partial charge in [-0.3, -0.25) is 9.69 Å². The number of hydrogen-bond acceptors (Lipinski definition) is 3. The van der Waals surface area contributed by atoms with Crippen molar-refractivity contribution in [3.8, 4) is 16.9 Å². The van der Waals surface area contributed by atoms with E-state index in [1.807, 2.05) is 32.2 Å². The van der Waals surface area contributed by atoms with Crippen LogP contribution in [0, 0.1) is 13.8 Å². The van der Waals surface area contributed by atoms with E-state index in [-0.39, 0.29) is 5.56 Å². The van der Waals surface area contributed by atoms with Crippen molar-refractivity contribution < 1.29 is 4.74 Å². The van der Waals surface area contributed by atoms with Crippen LogP contribution < -0.4 is 10.3 Å². The topological polar surface area (TPSA) is 34.5 Å². The molecule has 2 heterocycles. The number of halogens is 1. The number of pyridine rings is 1. The van der Waals surface area contributed by atoms with Gasteiger partial charge < -0.3 is 9.30 Å². The first kappa shape index (κ1) is 23.6. The quantitative estimate of drug-likeness (QED) is 0.463. The molecule has 0 fully saturated rings. The van der Waals surface area contributed by atoms with E-state index in [2.05, 4.69) is 36.9 Å². The first-order chi connectivity index (χ1) is 15.7. The van der Waals surface area contributed by atoms with Crippen molar-refractivity contribution in [1.29, 1.82) is 0 Å². The Bertz CT molecular complexity index is 1260. The van der Waals surface area contributed by atoms with Crippen LogP contribution in [0.25, 0.3) is 11.1 Å². The Hall–Kier alpha value is -2.56. The van der Waals surface area contributed by atoms with Crippen molar-refractivity contribution in [1.82, 2.24) is 9.47 Å². The number of rotatable bonds is 5. The fourth-order valence-corrected chi connectivity index (χ4v) is 5.24. The molecule has 4 rings (SSSR count). The Balaban J connectivity index is 1.66. The smallest absolute Gasteiger partial charge is 0.253 e. The third-order valence-corrected chi connectivity index (χ3v) is 7.34. The zero-order chi connectivity index (χ0) is 23.9. The Morgan fingerprint density at radius 2 is 1.91 bits per heavy atom. The molecule has 1 aromatic heterocycles. The number of aromatic nitrogens is 1. The number of methoxy groups -OCH3 is 1. The van der Waals surface area contributed by atoms with Gasteiger partial charge >= 0.3 is 0 Å². The molecule has 3 aromatic rings. The van der Waals surface area contributed by atoms with Crippen molar-refractivity contribution >= 4 is 11.6 Å². The van der Waals surface area contributed by atoms with E-state index in [4.69, 9.17) is 16.3 Å². The Labute approximate surface area is 201 Å². The van der Waals surface area contributed by atoms with E-state index < -0.39 is 0 Å². The third kappa shape index (κ3) is 4.47. The predicted octanol–water partition coefficient (Wildman–Crippen LogP) is 6.01. The molecular formula is C28H33ClN2O2. The van der Waals surface area contributed by atoms with Crippen LogP contribution in [-0.2, 0) is 26.6 Å². The molecule has 0 saturated carbocycles. The van der Waals surface area contributed by atoms with Gasteiger partial charge in [0.2, 0.25) is 0 Å². The average Bonchev–Trinajstić information content (AvgIpc) is 2.80. The van der Waals surface area contributed by atoms with Gasteiger partial charge in [-0.2, -0.15) is 0 Å². The van der Waals surface area contributed by atoms with Gasteiger partial charge in [-0.1, -0.05) is 43.6 Å². The number of fused-ring (bicyclic) bond motifs is 1. The van der Waals surface area contributed by atoms with Gasteiger partial charge in [0.1, 0.15) is 5.75 Å². The first-order valence-corrected chi connectivity index (χ1v) is 12.0. The van der Waals surface area contributed by atoms with Crippen molar-refractivity contribution in [2.45, 2.75) is 53.1 Å². The van der Waals surface area contributed by atoms with E-state index in [9.17, 15) is 4.79 Å². The number of aryl methyl sites for hydroxylation is 1. The van der Waals surface area contributed by atoms with Crippen LogP contribution in [0.5, 0.6) is 5.75 Å². The Morgan fingerprint density at radius 1 is 1.15 bits per heavy atom. The fraction of sp³-hybridized carbons (Fsp3) is 0.393. The summed E-state index contributed by atoms with van der Waals surface area (Å²) < 4.78 is 7.42. The van der Waals surface area contributed by atoms with Crippen LogP contribution >= 0.6 is 11.6 Å². The monoisotopic (exact) mass is 464 g/mol. The summed E-state index contributed by atoms with van der Waals surface area (Å²) in [6, 6.07) is 10.7. The second-order valence-corrected chi connectivity index (χ2v) is 9.86. The van der Waals surface area contributed by atoms with Crippen molar-refractivity contribution in [3.63, 3.8) is 0 Å². The maximum Gasteiger partial charge on any atom is 0.253 e. The Morgan fingerprint density at radius 3 is 2.61 bits per heavy atom. The average molecular weight is 465 g/mol. The molecule has 0 N–H and O–H groups in total. The molecule has 2 aromatic carbocycles. The van der Waals surface area contributed by atoms with Crippen molar-refractivity contribution in [2.24, 2.45) is 7.05 Å². The normalized spacial score (nSPS) is 13.9. The van der Waals surface area contributed by atoms with Gasteiger partial charge in [0.15, 0.2) is 0 Å². The van der Waals surface area contributed by atoms with E-state index >= 15 is 0 Å². The lowest BCUT2D eigenvalue weighted by atomic mass is 9.89. The summed E-state index contributed by atoms with van der Waals surface area (Å²) in [5.41, 5.74) is 9.10. The molecule has 1 aliphatic rings. The standard InChI is InChI=1S/C28H33ClN2O2/c1-17(2)22-9-7-8-20-14-31(11-10-23(20)22)16-25-26(29)12-21(13-27(25)33-6)24-15-30(5)28(32)19(4)18(24)3/h7-9,12-13,15,17H,10-11,14,16H2,1-6H3. The summed E-state index contributed by atoms with van der Waals surface area (Å²) in [6.45, 7) is 11.0. The number of hydrogen-bond donors (Lipinski definition) is 0. The highest BCUT2D eigenvalue weighted by Crippen LogP contribution is 2.37. The summed E-state index contributed by atoms with van der Waals surface area (Å²) in [5.74, 6) is 1.32. The van der Waals surface area contributed by atoms with Gasteiger partial charge in [0.25, 0.3) is 5.56 Å². The van der Waals surface area contributed by atoms with Gasteiger partial charge in [-0.25, -0.2) is 0 Å². The van der Waals surface area contributed by atoms with Crippen LogP contribution in [0.15, 0.2) is 41.3 Å². The highest BCUT2D eigenvalue weighted by atomic mass is 35.5. The van der Waals surface area contributed by atoms with Crippen LogP contribution in [0.4, 0.5) is 0 Å². The largest absolute Gasteiger partial charge is 0.496 e. The van der Waals surface area contributed by atoms with Crippen LogP contribution in [-0.4, -0.2) is 23.1 Å². The molecule has 0 spiro atoms. The maximum atomic E-state index is 12.3. The summed E-state index contributed by atoms with van der Waals surface area (Å²) in [5, 5.41) is 0.692. The summed E-state index contributed by atoms with van der Waals surface area (Å²) >= 11 is 6.84. The molecule has 0 saturated heterocycles. The molecule has 0 radical (unpaired) electrons. The second-order valence-electron chi connectivity index (χ2n) is 9.45. The summed E-state index contributed by atoms with van der Waals surface area (Å²) in [6.07, 6.45) is 2.93. The lowest BCUT2D eigenvalue weighted by Gasteiger charge is -2.31. The molecule has 0 bridgehead atoms. The lowest BCUT2D eigenvalue weighted by molar-refractivity contribution is 0.241. The first-order valence-electron chi connectivity index (χ1n) is 11.6. The predicted molar refractivity (Wildman–Crippen MR) is 137 cm³/mol. The van der Waals surface area contributed by atoms with E-state index in [0.717, 1.165) is 59.6 Å². The molecule has 1 aliphatic heterocycles. The SMILES string of the molecule is COc1cc(-c2cn(C)c(=O)c(C)c2C)cc(Cl)c1CN1CCc2c(cccc2C(C)C)C1. The molecule has 174 valence electrons. The van der Waals surface area contributed by atoms with Crippen LogP contribution in [0.3, 0.4) is 0 Å². The highest BCUT2D eigenvalue weighted by molar-refractivity contribution is 6.32. The highest BCUT2D eigenvalue weighted by Gasteiger charge is 2.22. The number of ether oxygens (including phenoxy) is 1. The molecular weight excluding hydrogens is 432 g/mol. The van der Waals surface area contributed by atoms with Gasteiger partial charge in [-0.05, 0) is 66.1 Å². The zero-order valence-electron chi connectivity index (χ0n) is 20.5.